The maximum absolute atomic E-state index is 12.8. The minimum absolute atomic E-state index is 0.0550. The molecule has 1 aliphatic carbocycles. The number of rotatable bonds is 35. The Hall–Kier alpha value is -3.53. The Bertz CT molecular complexity index is 1550. The molecule has 15 heteroatoms. The average molecular weight is 921 g/mol. The zero-order chi connectivity index (χ0) is 47.3. The van der Waals surface area contributed by atoms with Crippen LogP contribution in [0.15, 0.2) is 109 Å². The van der Waals surface area contributed by atoms with Crippen molar-refractivity contribution >= 4 is 19.8 Å². The number of aliphatic hydroxyl groups excluding tert-OH is 6. The second-order valence-electron chi connectivity index (χ2n) is 15.3. The van der Waals surface area contributed by atoms with Crippen LogP contribution in [-0.2, 0) is 32.7 Å². The van der Waals surface area contributed by atoms with Gasteiger partial charge in [-0.3, -0.25) is 18.6 Å². The number of phosphoric acid groups is 1. The van der Waals surface area contributed by atoms with Crippen LogP contribution in [0.1, 0.15) is 123 Å². The Morgan fingerprint density at radius 2 is 1.06 bits per heavy atom. The number of phosphoric ester groups is 1. The van der Waals surface area contributed by atoms with E-state index >= 15 is 0 Å². The molecule has 14 nitrogen and oxygen atoms in total. The summed E-state index contributed by atoms with van der Waals surface area (Å²) in [6.07, 6.45) is 34.8. The summed E-state index contributed by atoms with van der Waals surface area (Å²) in [6.45, 7) is 2.88. The highest BCUT2D eigenvalue weighted by molar-refractivity contribution is 7.47. The van der Waals surface area contributed by atoms with Gasteiger partial charge in [-0.15, -0.1) is 0 Å². The molecule has 1 saturated carbocycles. The fourth-order valence-electron chi connectivity index (χ4n) is 6.06. The molecular formula is C49H77O14P. The molecule has 0 spiro atoms. The Balaban J connectivity index is 2.56. The largest absolute Gasteiger partial charge is 0.472 e. The van der Waals surface area contributed by atoms with Crippen molar-refractivity contribution in [1.29, 1.82) is 0 Å². The van der Waals surface area contributed by atoms with E-state index in [-0.39, 0.29) is 12.8 Å². The molecule has 64 heavy (non-hydrogen) atoms. The number of hydrogen-bond acceptors (Lipinski definition) is 13. The minimum atomic E-state index is -5.16. The molecule has 362 valence electrons. The number of esters is 2. The molecule has 7 N–H and O–H groups in total. The number of unbranched alkanes of at least 4 members (excludes halogenated alkanes) is 5. The predicted molar refractivity (Wildman–Crippen MR) is 250 cm³/mol. The molecule has 0 aliphatic heterocycles. The number of aliphatic hydroxyl groups is 6. The van der Waals surface area contributed by atoms with Crippen molar-refractivity contribution in [1.82, 2.24) is 0 Å². The number of hydrogen-bond donors (Lipinski definition) is 7. The van der Waals surface area contributed by atoms with Crippen molar-refractivity contribution in [3.8, 4) is 0 Å². The summed E-state index contributed by atoms with van der Waals surface area (Å²) in [6, 6.07) is 0. The molecule has 0 saturated heterocycles. The highest BCUT2D eigenvalue weighted by Crippen LogP contribution is 2.47. The van der Waals surface area contributed by atoms with Gasteiger partial charge in [0.05, 0.1) is 12.7 Å². The first kappa shape index (κ1) is 58.5. The second-order valence-corrected chi connectivity index (χ2v) is 16.7. The highest BCUT2D eigenvalue weighted by Gasteiger charge is 2.51. The first-order valence-corrected chi connectivity index (χ1v) is 24.3. The molecule has 1 fully saturated rings. The van der Waals surface area contributed by atoms with E-state index in [1.54, 1.807) is 6.08 Å². The smallest absolute Gasteiger partial charge is 0.462 e. The van der Waals surface area contributed by atoms with Crippen LogP contribution < -0.4 is 0 Å². The van der Waals surface area contributed by atoms with Crippen LogP contribution in [0.2, 0.25) is 0 Å². The van der Waals surface area contributed by atoms with E-state index in [9.17, 15) is 49.7 Å². The van der Waals surface area contributed by atoms with Crippen LogP contribution in [0.5, 0.6) is 0 Å². The maximum atomic E-state index is 12.8. The van der Waals surface area contributed by atoms with Gasteiger partial charge in [0, 0.05) is 12.8 Å². The molecule has 9 atom stereocenters. The van der Waals surface area contributed by atoms with E-state index in [1.165, 1.54) is 0 Å². The van der Waals surface area contributed by atoms with E-state index in [1.807, 2.05) is 66.8 Å². The molecule has 0 aromatic carbocycles. The topological polar surface area (TPSA) is 230 Å². The summed E-state index contributed by atoms with van der Waals surface area (Å²) >= 11 is 0. The lowest BCUT2D eigenvalue weighted by Crippen LogP contribution is -2.64. The van der Waals surface area contributed by atoms with Crippen molar-refractivity contribution in [2.24, 2.45) is 0 Å². The molecule has 4 unspecified atom stereocenters. The van der Waals surface area contributed by atoms with Crippen molar-refractivity contribution in [2.75, 3.05) is 13.2 Å². The summed E-state index contributed by atoms with van der Waals surface area (Å²) in [5.41, 5.74) is 0. The zero-order valence-corrected chi connectivity index (χ0v) is 38.8. The minimum Gasteiger partial charge on any atom is -0.462 e. The molecular weight excluding hydrogens is 843 g/mol. The summed E-state index contributed by atoms with van der Waals surface area (Å²) in [7, 11) is -5.16. The Kier molecular flexibility index (Phi) is 34.4. The first-order chi connectivity index (χ1) is 30.8. The molecule has 0 radical (unpaired) electrons. The van der Waals surface area contributed by atoms with Gasteiger partial charge < -0.3 is 45.0 Å². The first-order valence-electron chi connectivity index (χ1n) is 22.8. The van der Waals surface area contributed by atoms with Crippen LogP contribution >= 0.6 is 7.82 Å². The van der Waals surface area contributed by atoms with E-state index in [0.717, 1.165) is 70.6 Å². The van der Waals surface area contributed by atoms with Gasteiger partial charge in [-0.05, 0) is 77.0 Å². The van der Waals surface area contributed by atoms with Gasteiger partial charge in [0.15, 0.2) is 6.10 Å². The third-order valence-corrected chi connectivity index (χ3v) is 10.7. The van der Waals surface area contributed by atoms with Gasteiger partial charge in [0.2, 0.25) is 0 Å². The van der Waals surface area contributed by atoms with E-state index in [0.29, 0.717) is 25.7 Å². The van der Waals surface area contributed by atoms with Crippen LogP contribution in [0, 0.1) is 0 Å². The molecule has 0 amide bonds. The maximum Gasteiger partial charge on any atom is 0.472 e. The van der Waals surface area contributed by atoms with Crippen LogP contribution in [0.3, 0.4) is 0 Å². The van der Waals surface area contributed by atoms with Gasteiger partial charge in [-0.25, -0.2) is 4.57 Å². The van der Waals surface area contributed by atoms with Crippen molar-refractivity contribution < 1.29 is 68.2 Å². The van der Waals surface area contributed by atoms with Crippen LogP contribution in [-0.4, -0.2) is 110 Å². The van der Waals surface area contributed by atoms with E-state index in [4.69, 9.17) is 18.5 Å². The van der Waals surface area contributed by atoms with Crippen LogP contribution in [0.25, 0.3) is 0 Å². The highest BCUT2D eigenvalue weighted by atomic mass is 31.2. The number of carbonyl (C=O) groups is 2. The third kappa shape index (κ3) is 29.8. The molecule has 0 bridgehead atoms. The van der Waals surface area contributed by atoms with Gasteiger partial charge in [0.25, 0.3) is 0 Å². The molecule has 1 rings (SSSR count). The van der Waals surface area contributed by atoms with Gasteiger partial charge in [0.1, 0.15) is 43.2 Å². The quantitative estimate of drug-likeness (QED) is 0.0106. The monoisotopic (exact) mass is 921 g/mol. The molecule has 1 aliphatic rings. The Morgan fingerprint density at radius 1 is 0.562 bits per heavy atom. The normalized spacial score (nSPS) is 23.1. The molecule has 0 aromatic rings. The predicted octanol–water partition coefficient (Wildman–Crippen LogP) is 7.80. The van der Waals surface area contributed by atoms with Gasteiger partial charge >= 0.3 is 19.8 Å². The van der Waals surface area contributed by atoms with Gasteiger partial charge in [-0.1, -0.05) is 142 Å². The fourth-order valence-corrected chi connectivity index (χ4v) is 7.03. The van der Waals surface area contributed by atoms with Crippen LogP contribution in [0.4, 0.5) is 0 Å². The van der Waals surface area contributed by atoms with Crippen molar-refractivity contribution in [3.05, 3.63) is 109 Å². The summed E-state index contributed by atoms with van der Waals surface area (Å²) < 4.78 is 33.4. The second kappa shape index (κ2) is 37.7. The standard InChI is InChI=1S/C49H77O14P/c1-3-5-7-8-9-10-11-12-13-16-19-22-25-28-32-36-42(51)60-38-41(39-61-64(58,59)63-49-47(56)45(54)44(53)46(55)48(49)57)62-43(52)37-33-29-26-23-20-17-14-15-18-21-24-27-31-35-40(50)34-30-6-4-2/h5-7,9-10,12-13,15,17-18,20,24,26-27,29-31,35,40-41,44-50,53-57H,3-4,8,11,14,16,19,21-23,25,28,32-34,36-39H2,1-2H3,(H,58,59)/b7-5-,10-9-,13-12-,18-15-,20-17-,27-24+,29-26-,30-6-,35-31+/t40?,41-,44?,45-,46+,47-,48-,49?/m1/s1. The summed E-state index contributed by atoms with van der Waals surface area (Å²) in [5, 5.41) is 60.0. The third-order valence-electron chi connectivity index (χ3n) is 9.70. The van der Waals surface area contributed by atoms with E-state index in [2.05, 4.69) is 50.3 Å². The molecule has 0 heterocycles. The SMILES string of the molecule is CC/C=C\C/C=C\C/C=C\CCCCCCCC(=O)OC[C@H](COP(=O)(O)OC1[C@H](O)[C@H](O)C(O)[C@H](O)[C@H]1O)OC(=O)CC/C=C\C/C=C\C/C=C\C/C=C/C=C/C(O)C/C=C\CC. The average Bonchev–Trinajstić information content (AvgIpc) is 3.27. The number of allylic oxidation sites excluding steroid dienone is 16. The summed E-state index contributed by atoms with van der Waals surface area (Å²) in [4.78, 5) is 35.7. The molecule has 0 aromatic heterocycles. The lowest BCUT2D eigenvalue weighted by molar-refractivity contribution is -0.220. The van der Waals surface area contributed by atoms with Crippen molar-refractivity contribution in [2.45, 2.75) is 172 Å². The van der Waals surface area contributed by atoms with Crippen molar-refractivity contribution in [3.63, 3.8) is 0 Å². The lowest BCUT2D eigenvalue weighted by Gasteiger charge is -2.41. The van der Waals surface area contributed by atoms with E-state index < -0.39 is 81.8 Å². The Labute approximate surface area is 381 Å². The fraction of sp³-hybridized carbons (Fsp3) is 0.592. The summed E-state index contributed by atoms with van der Waals surface area (Å²) in [5.74, 6) is -1.25. The number of ether oxygens (including phenoxy) is 2. The lowest BCUT2D eigenvalue weighted by atomic mass is 9.85. The van der Waals surface area contributed by atoms with Gasteiger partial charge in [-0.2, -0.15) is 0 Å². The Morgan fingerprint density at radius 3 is 1.67 bits per heavy atom. The zero-order valence-electron chi connectivity index (χ0n) is 37.9. The number of carbonyl (C=O) groups excluding carboxylic acids is 2.